The first-order valence-corrected chi connectivity index (χ1v) is 14.1. The van der Waals surface area contributed by atoms with Gasteiger partial charge in [0.05, 0.1) is 22.8 Å². The highest BCUT2D eigenvalue weighted by atomic mass is 32.2. The van der Waals surface area contributed by atoms with Crippen molar-refractivity contribution in [2.45, 2.75) is 4.90 Å². The summed E-state index contributed by atoms with van der Waals surface area (Å²) in [4.78, 5) is 16.2. The van der Waals surface area contributed by atoms with Gasteiger partial charge in [0, 0.05) is 38.8 Å². The van der Waals surface area contributed by atoms with E-state index in [1.54, 1.807) is 18.2 Å². The van der Waals surface area contributed by atoms with Crippen LogP contribution in [-0.2, 0) is 10.1 Å². The zero-order valence-electron chi connectivity index (χ0n) is 21.0. The molecule has 2 aliphatic rings. The molecule has 5 aromatic rings. The number of hydrogen-bond donors (Lipinski definition) is 3. The Balaban J connectivity index is 1.57. The van der Waals surface area contributed by atoms with E-state index in [9.17, 15) is 13.0 Å². The van der Waals surface area contributed by atoms with Crippen LogP contribution in [0.25, 0.3) is 68.6 Å². The Bertz CT molecular complexity index is 2140. The fraction of sp³-hybridized carbons (Fsp3) is 0. The summed E-state index contributed by atoms with van der Waals surface area (Å²) < 4.78 is 34.4. The average molecular weight is 543 g/mol. The maximum absolute atomic E-state index is 12.2. The topological polar surface area (TPSA) is 112 Å². The standard InChI is InChI=1S/C32H22N4O3S/c37-40(38,39)32-9-5-4-8-27(32)29-17-26-15-25-16-28(20-6-2-1-3-7-20)30(35-25)18-23-12-10-21(33-23)14-22-11-13-24(34-22)19-31(29)36-26/h1-19,35-36H,(H,37,38,39). The summed E-state index contributed by atoms with van der Waals surface area (Å²) in [6.45, 7) is 0. The van der Waals surface area contributed by atoms with Crippen LogP contribution in [0.3, 0.4) is 0 Å². The quantitative estimate of drug-likeness (QED) is 0.204. The van der Waals surface area contributed by atoms with E-state index in [-0.39, 0.29) is 4.90 Å². The second-order valence-corrected chi connectivity index (χ2v) is 11.0. The molecule has 194 valence electrons. The summed E-state index contributed by atoms with van der Waals surface area (Å²) in [5.74, 6) is 0. The summed E-state index contributed by atoms with van der Waals surface area (Å²) in [6, 6.07) is 28.3. The number of fused-ring (bicyclic) bond motifs is 8. The van der Waals surface area contributed by atoms with Crippen molar-refractivity contribution < 1.29 is 13.0 Å². The number of rotatable bonds is 3. The van der Waals surface area contributed by atoms with Gasteiger partial charge in [-0.15, -0.1) is 0 Å². The van der Waals surface area contributed by atoms with Crippen LogP contribution in [0.5, 0.6) is 0 Å². The van der Waals surface area contributed by atoms with Gasteiger partial charge in [-0.05, 0) is 72.3 Å². The molecule has 8 bridgehead atoms. The van der Waals surface area contributed by atoms with Crippen molar-refractivity contribution >= 4 is 56.5 Å². The molecule has 3 aromatic heterocycles. The molecule has 7 nitrogen and oxygen atoms in total. The molecule has 0 amide bonds. The van der Waals surface area contributed by atoms with Gasteiger partial charge >= 0.3 is 0 Å². The van der Waals surface area contributed by atoms with Gasteiger partial charge in [0.1, 0.15) is 4.90 Å². The Morgan fingerprint density at radius 1 is 0.550 bits per heavy atom. The number of benzene rings is 2. The first-order valence-electron chi connectivity index (χ1n) is 12.6. The Morgan fingerprint density at radius 3 is 1.70 bits per heavy atom. The predicted octanol–water partition coefficient (Wildman–Crippen LogP) is 7.24. The fourth-order valence-electron chi connectivity index (χ4n) is 5.09. The number of H-pyrrole nitrogens is 2. The maximum Gasteiger partial charge on any atom is 0.295 e. The van der Waals surface area contributed by atoms with E-state index < -0.39 is 10.1 Å². The SMILES string of the molecule is O=S(=O)(O)c1ccccc1-c1cc2cc3cc(-c4ccccc4)c(cc4nc(cc5nc(cc1[nH]2)C=C5)C=C4)[nH]3. The highest BCUT2D eigenvalue weighted by Gasteiger charge is 2.18. The van der Waals surface area contributed by atoms with Crippen LogP contribution in [-0.4, -0.2) is 32.9 Å². The van der Waals surface area contributed by atoms with Crippen molar-refractivity contribution in [3.8, 4) is 22.3 Å². The second kappa shape index (κ2) is 9.30. The Labute approximate surface area is 230 Å². The minimum Gasteiger partial charge on any atom is -0.355 e. The van der Waals surface area contributed by atoms with Crippen molar-refractivity contribution in [2.75, 3.05) is 0 Å². The molecule has 7 rings (SSSR count). The van der Waals surface area contributed by atoms with Gasteiger partial charge in [-0.25, -0.2) is 9.97 Å². The lowest BCUT2D eigenvalue weighted by Gasteiger charge is -2.05. The summed E-state index contributed by atoms with van der Waals surface area (Å²) in [5, 5.41) is 0. The third-order valence-electron chi connectivity index (χ3n) is 6.84. The predicted molar refractivity (Wildman–Crippen MR) is 160 cm³/mol. The average Bonchev–Trinajstić information content (AvgIpc) is 3.73. The molecule has 0 radical (unpaired) electrons. The zero-order chi connectivity index (χ0) is 27.3. The van der Waals surface area contributed by atoms with Crippen LogP contribution in [0.4, 0.5) is 0 Å². The molecule has 0 saturated heterocycles. The van der Waals surface area contributed by atoms with Crippen molar-refractivity contribution in [3.63, 3.8) is 0 Å². The van der Waals surface area contributed by atoms with Gasteiger partial charge < -0.3 is 9.97 Å². The van der Waals surface area contributed by atoms with E-state index >= 15 is 0 Å². The number of nitrogens with one attached hydrogen (secondary N) is 2. The normalized spacial score (nSPS) is 12.6. The third-order valence-corrected chi connectivity index (χ3v) is 7.75. The Kier molecular flexibility index (Phi) is 5.59. The number of aromatic amines is 2. The summed E-state index contributed by atoms with van der Waals surface area (Å²) in [5.41, 5.74) is 9.37. The summed E-state index contributed by atoms with van der Waals surface area (Å²) >= 11 is 0. The first kappa shape index (κ1) is 24.0. The van der Waals surface area contributed by atoms with E-state index in [1.807, 2.05) is 72.8 Å². The van der Waals surface area contributed by atoms with Gasteiger partial charge in [-0.2, -0.15) is 8.42 Å². The second-order valence-electron chi connectivity index (χ2n) is 9.61. The van der Waals surface area contributed by atoms with Gasteiger partial charge in [-0.3, -0.25) is 4.55 Å². The molecule has 8 heteroatoms. The molecule has 0 saturated carbocycles. The zero-order valence-corrected chi connectivity index (χ0v) is 21.9. The van der Waals surface area contributed by atoms with E-state index in [4.69, 9.17) is 9.97 Å². The van der Waals surface area contributed by atoms with Crippen LogP contribution in [0, 0.1) is 0 Å². The molecule has 40 heavy (non-hydrogen) atoms. The first-order chi connectivity index (χ1) is 19.4. The highest BCUT2D eigenvalue weighted by Crippen LogP contribution is 2.33. The van der Waals surface area contributed by atoms with Crippen LogP contribution in [0.15, 0.2) is 95.9 Å². The third kappa shape index (κ3) is 4.55. The molecule has 0 atom stereocenters. The lowest BCUT2D eigenvalue weighted by atomic mass is 10.1. The molecule has 0 aliphatic carbocycles. The van der Waals surface area contributed by atoms with E-state index in [1.165, 1.54) is 6.07 Å². The number of hydrogen-bond acceptors (Lipinski definition) is 4. The number of nitrogens with zero attached hydrogens (tertiary/aromatic N) is 2. The largest absolute Gasteiger partial charge is 0.355 e. The van der Waals surface area contributed by atoms with Crippen LogP contribution in [0.2, 0.25) is 0 Å². The molecule has 3 N–H and O–H groups in total. The van der Waals surface area contributed by atoms with Gasteiger partial charge in [-0.1, -0.05) is 48.5 Å². The molecule has 2 aromatic carbocycles. The summed E-state index contributed by atoms with van der Waals surface area (Å²) in [7, 11) is -4.45. The van der Waals surface area contributed by atoms with Crippen molar-refractivity contribution in [1.82, 2.24) is 19.9 Å². The lowest BCUT2D eigenvalue weighted by molar-refractivity contribution is 0.483. The van der Waals surface area contributed by atoms with Gasteiger partial charge in [0.2, 0.25) is 0 Å². The Hall–Kier alpha value is -5.05. The molecular weight excluding hydrogens is 520 g/mol. The number of aromatic nitrogens is 4. The van der Waals surface area contributed by atoms with Gasteiger partial charge in [0.15, 0.2) is 0 Å². The van der Waals surface area contributed by atoms with Crippen molar-refractivity contribution in [2.24, 2.45) is 0 Å². The molecule has 2 aliphatic heterocycles. The smallest absolute Gasteiger partial charge is 0.295 e. The molecule has 0 fully saturated rings. The molecule has 0 spiro atoms. The van der Waals surface area contributed by atoms with E-state index in [0.717, 1.165) is 44.8 Å². The van der Waals surface area contributed by atoms with Gasteiger partial charge in [0.25, 0.3) is 10.1 Å². The maximum atomic E-state index is 12.2. The van der Waals surface area contributed by atoms with Crippen LogP contribution < -0.4 is 0 Å². The highest BCUT2D eigenvalue weighted by molar-refractivity contribution is 7.86. The van der Waals surface area contributed by atoms with E-state index in [0.29, 0.717) is 22.3 Å². The van der Waals surface area contributed by atoms with Crippen molar-refractivity contribution in [1.29, 1.82) is 0 Å². The Morgan fingerprint density at radius 2 is 1.07 bits per heavy atom. The monoisotopic (exact) mass is 542 g/mol. The lowest BCUT2D eigenvalue weighted by Crippen LogP contribution is -2.00. The van der Waals surface area contributed by atoms with E-state index in [2.05, 4.69) is 28.2 Å². The fourth-order valence-corrected chi connectivity index (χ4v) is 5.79. The molecule has 5 heterocycles. The minimum absolute atomic E-state index is 0.161. The molecule has 0 unspecified atom stereocenters. The molecular formula is C32H22N4O3S. The van der Waals surface area contributed by atoms with Crippen molar-refractivity contribution in [3.05, 3.63) is 114 Å². The minimum atomic E-state index is -4.45. The van der Waals surface area contributed by atoms with Crippen LogP contribution >= 0.6 is 0 Å². The van der Waals surface area contributed by atoms with Crippen LogP contribution in [0.1, 0.15) is 22.8 Å². The summed E-state index contributed by atoms with van der Waals surface area (Å²) in [6.07, 6.45) is 7.75.